The van der Waals surface area contributed by atoms with Crippen molar-refractivity contribution < 1.29 is 27.5 Å². The molecule has 1 saturated carbocycles. The van der Waals surface area contributed by atoms with Gasteiger partial charge in [0.2, 0.25) is 5.91 Å². The summed E-state index contributed by atoms with van der Waals surface area (Å²) in [5, 5.41) is 7.69. The molecule has 1 aliphatic carbocycles. The van der Waals surface area contributed by atoms with Crippen molar-refractivity contribution in [2.75, 3.05) is 16.0 Å². The Morgan fingerprint density at radius 3 is 2.43 bits per heavy atom. The Bertz CT molecular complexity index is 1270. The molecule has 182 valence electrons. The molecular weight excluding hydrogens is 461 g/mol. The lowest BCUT2D eigenvalue weighted by molar-refractivity contribution is -0.117. The molecule has 10 heteroatoms. The first-order valence-electron chi connectivity index (χ1n) is 10.9. The van der Waals surface area contributed by atoms with Crippen LogP contribution >= 0.6 is 0 Å². The fraction of sp³-hybridized carbons (Fsp3) is 0.240. The number of pyridine rings is 1. The average molecular weight is 484 g/mol. The number of aryl methyl sites for hydroxylation is 1. The molecule has 0 radical (unpaired) electrons. The van der Waals surface area contributed by atoms with Crippen molar-refractivity contribution in [1.82, 2.24) is 4.98 Å². The van der Waals surface area contributed by atoms with Crippen LogP contribution in [0.25, 0.3) is 0 Å². The van der Waals surface area contributed by atoms with Gasteiger partial charge in [-0.1, -0.05) is 0 Å². The monoisotopic (exact) mass is 484 g/mol. The molecular formula is C25H23F3N4O3. The van der Waals surface area contributed by atoms with Crippen LogP contribution in [0.4, 0.5) is 35.2 Å². The van der Waals surface area contributed by atoms with Gasteiger partial charge >= 0.3 is 6.03 Å². The molecule has 4 rings (SSSR count). The Kier molecular flexibility index (Phi) is 6.63. The third-order valence-electron chi connectivity index (χ3n) is 5.25. The molecule has 3 amide bonds. The van der Waals surface area contributed by atoms with Crippen LogP contribution in [-0.2, 0) is 10.7 Å². The summed E-state index contributed by atoms with van der Waals surface area (Å²) in [6.45, 7) is 2.42. The van der Waals surface area contributed by atoms with Crippen molar-refractivity contribution in [3.63, 3.8) is 0 Å². The third kappa shape index (κ3) is 6.50. The van der Waals surface area contributed by atoms with Crippen molar-refractivity contribution in [2.24, 2.45) is 5.92 Å². The molecule has 0 saturated heterocycles. The van der Waals surface area contributed by atoms with E-state index in [-0.39, 0.29) is 17.5 Å². The van der Waals surface area contributed by atoms with Gasteiger partial charge in [0.15, 0.2) is 0 Å². The predicted octanol–water partition coefficient (Wildman–Crippen LogP) is 6.43. The zero-order valence-corrected chi connectivity index (χ0v) is 19.0. The van der Waals surface area contributed by atoms with E-state index in [9.17, 15) is 22.8 Å². The number of carbonyl (C=O) groups is 2. The smallest absolute Gasteiger partial charge is 0.323 e. The molecule has 2 aromatic carbocycles. The first-order valence-corrected chi connectivity index (χ1v) is 10.9. The summed E-state index contributed by atoms with van der Waals surface area (Å²) >= 11 is 0. The number of carbonyl (C=O) groups excluding carboxylic acids is 2. The molecule has 1 aromatic heterocycles. The second-order valence-corrected chi connectivity index (χ2v) is 8.42. The van der Waals surface area contributed by atoms with Gasteiger partial charge in [0.05, 0.1) is 0 Å². The fourth-order valence-electron chi connectivity index (χ4n) is 3.29. The van der Waals surface area contributed by atoms with Crippen LogP contribution in [0.3, 0.4) is 0 Å². The standard InChI is InChI=1S/C25H23F3N4O3/c1-14-9-18(30-24(34)31-19-11-16(25(2,27)28)10-17(26)12-19)5-6-21(14)35-20-7-8-29-22(13-20)32-23(33)15-3-4-15/h5-13,15H,3-4H2,1-2H3,(H,29,32,33)(H2,30,31,34). The average Bonchev–Trinajstić information content (AvgIpc) is 3.60. The van der Waals surface area contributed by atoms with E-state index >= 15 is 0 Å². The van der Waals surface area contributed by atoms with Crippen LogP contribution in [-0.4, -0.2) is 16.9 Å². The van der Waals surface area contributed by atoms with Crippen LogP contribution < -0.4 is 20.7 Å². The summed E-state index contributed by atoms with van der Waals surface area (Å²) in [5.74, 6) is -2.76. The van der Waals surface area contributed by atoms with Crippen LogP contribution in [0.2, 0.25) is 0 Å². The number of rotatable bonds is 7. The summed E-state index contributed by atoms with van der Waals surface area (Å²) in [7, 11) is 0. The summed E-state index contributed by atoms with van der Waals surface area (Å²) < 4.78 is 46.6. The SMILES string of the molecule is Cc1cc(NC(=O)Nc2cc(F)cc(C(C)(F)F)c2)ccc1Oc1ccnc(NC(=O)C2CC2)c1. The Balaban J connectivity index is 1.39. The van der Waals surface area contributed by atoms with Gasteiger partial charge in [0.25, 0.3) is 5.92 Å². The van der Waals surface area contributed by atoms with E-state index in [2.05, 4.69) is 20.9 Å². The molecule has 1 aliphatic rings. The molecule has 0 bridgehead atoms. The summed E-state index contributed by atoms with van der Waals surface area (Å²) in [6.07, 6.45) is 3.30. The van der Waals surface area contributed by atoms with Gasteiger partial charge in [-0.05, 0) is 67.8 Å². The van der Waals surface area contributed by atoms with E-state index < -0.39 is 23.3 Å². The molecule has 3 aromatic rings. The topological polar surface area (TPSA) is 92.3 Å². The van der Waals surface area contributed by atoms with Crippen LogP contribution in [0, 0.1) is 18.7 Å². The zero-order chi connectivity index (χ0) is 25.2. The van der Waals surface area contributed by atoms with Crippen molar-refractivity contribution in [2.45, 2.75) is 32.6 Å². The van der Waals surface area contributed by atoms with E-state index in [1.165, 1.54) is 6.20 Å². The highest BCUT2D eigenvalue weighted by molar-refractivity contribution is 6.00. The van der Waals surface area contributed by atoms with Crippen LogP contribution in [0.1, 0.15) is 30.9 Å². The molecule has 0 spiro atoms. The molecule has 1 fully saturated rings. The van der Waals surface area contributed by atoms with Gasteiger partial charge in [-0.2, -0.15) is 0 Å². The normalized spacial score (nSPS) is 13.2. The highest BCUT2D eigenvalue weighted by Crippen LogP contribution is 2.32. The lowest BCUT2D eigenvalue weighted by Gasteiger charge is -2.14. The number of hydrogen-bond donors (Lipinski definition) is 3. The minimum absolute atomic E-state index is 0.0522. The molecule has 7 nitrogen and oxygen atoms in total. The number of urea groups is 1. The number of halogens is 3. The zero-order valence-electron chi connectivity index (χ0n) is 19.0. The third-order valence-corrected chi connectivity index (χ3v) is 5.25. The number of aromatic nitrogens is 1. The number of hydrogen-bond acceptors (Lipinski definition) is 4. The first-order chi connectivity index (χ1) is 16.6. The number of nitrogens with one attached hydrogen (secondary N) is 3. The van der Waals surface area contributed by atoms with E-state index in [0.29, 0.717) is 35.5 Å². The van der Waals surface area contributed by atoms with Gasteiger partial charge in [0.1, 0.15) is 23.1 Å². The Hall–Kier alpha value is -4.08. The lowest BCUT2D eigenvalue weighted by atomic mass is 10.1. The molecule has 1 heterocycles. The second-order valence-electron chi connectivity index (χ2n) is 8.42. The van der Waals surface area contributed by atoms with Crippen molar-refractivity contribution >= 4 is 29.1 Å². The van der Waals surface area contributed by atoms with Crippen molar-refractivity contribution in [3.05, 3.63) is 71.7 Å². The molecule has 0 atom stereocenters. The maximum absolute atomic E-state index is 13.7. The Morgan fingerprint density at radius 2 is 1.74 bits per heavy atom. The summed E-state index contributed by atoms with van der Waals surface area (Å²) in [5.41, 5.74) is 0.466. The van der Waals surface area contributed by atoms with Gasteiger partial charge in [-0.3, -0.25) is 4.79 Å². The van der Waals surface area contributed by atoms with E-state index in [1.54, 1.807) is 37.3 Å². The minimum atomic E-state index is -3.25. The summed E-state index contributed by atoms with van der Waals surface area (Å²) in [4.78, 5) is 28.4. The number of amides is 3. The number of alkyl halides is 2. The van der Waals surface area contributed by atoms with Crippen molar-refractivity contribution in [1.29, 1.82) is 0 Å². The number of anilines is 3. The molecule has 3 N–H and O–H groups in total. The fourth-order valence-corrected chi connectivity index (χ4v) is 3.29. The molecule has 0 unspecified atom stereocenters. The highest BCUT2D eigenvalue weighted by Gasteiger charge is 2.30. The van der Waals surface area contributed by atoms with E-state index in [4.69, 9.17) is 4.74 Å². The maximum Gasteiger partial charge on any atom is 0.323 e. The number of nitrogens with zero attached hydrogens (tertiary/aromatic N) is 1. The lowest BCUT2D eigenvalue weighted by Crippen LogP contribution is -2.20. The van der Waals surface area contributed by atoms with Gasteiger partial charge in [0, 0.05) is 42.0 Å². The Morgan fingerprint density at radius 1 is 1.00 bits per heavy atom. The Labute approximate surface area is 199 Å². The molecule has 0 aliphatic heterocycles. The van der Waals surface area contributed by atoms with Gasteiger partial charge in [-0.15, -0.1) is 0 Å². The maximum atomic E-state index is 13.7. The van der Waals surface area contributed by atoms with Gasteiger partial charge in [-0.25, -0.2) is 22.9 Å². The van der Waals surface area contributed by atoms with E-state index in [1.807, 2.05) is 0 Å². The van der Waals surface area contributed by atoms with Crippen LogP contribution in [0.5, 0.6) is 11.5 Å². The van der Waals surface area contributed by atoms with E-state index in [0.717, 1.165) is 31.0 Å². The van der Waals surface area contributed by atoms with Crippen LogP contribution in [0.15, 0.2) is 54.7 Å². The minimum Gasteiger partial charge on any atom is -0.457 e. The van der Waals surface area contributed by atoms with Crippen molar-refractivity contribution in [3.8, 4) is 11.5 Å². The first kappa shape index (κ1) is 24.1. The molecule has 35 heavy (non-hydrogen) atoms. The number of ether oxygens (including phenoxy) is 1. The quantitative estimate of drug-likeness (QED) is 0.361. The second kappa shape index (κ2) is 9.65. The summed E-state index contributed by atoms with van der Waals surface area (Å²) in [6, 6.07) is 10.1. The largest absolute Gasteiger partial charge is 0.457 e. The number of benzene rings is 2. The highest BCUT2D eigenvalue weighted by atomic mass is 19.3. The van der Waals surface area contributed by atoms with Gasteiger partial charge < -0.3 is 20.7 Å². The predicted molar refractivity (Wildman–Crippen MR) is 125 cm³/mol.